The zero-order valence-electron chi connectivity index (χ0n) is 42.5. The maximum absolute atomic E-state index is 12.7. The summed E-state index contributed by atoms with van der Waals surface area (Å²) in [7, 11) is -4.69. The first-order valence-corrected chi connectivity index (χ1v) is 30.0. The highest BCUT2D eigenvalue weighted by Gasteiger charge is 2.25. The van der Waals surface area contributed by atoms with Gasteiger partial charge < -0.3 is 20.2 Å². The Labute approximate surface area is 393 Å². The molecule has 0 saturated heterocycles. The predicted octanol–water partition coefficient (Wildman–Crippen LogP) is 18.1. The van der Waals surface area contributed by atoms with Crippen molar-refractivity contribution in [2.75, 3.05) is 6.61 Å². The summed E-state index contributed by atoms with van der Waals surface area (Å²) >= 11 is 0. The van der Waals surface area contributed by atoms with E-state index < -0.39 is 26.6 Å². The van der Waals surface area contributed by atoms with E-state index in [2.05, 4.69) is 23.7 Å². The fraction of sp³-hybridized carbons (Fsp3) is 0.982. The number of aliphatic hydroxyl groups excluding tert-OH is 1. The SMILES string of the molecule is CCCCCCCCCCCCCCCCCCCCCCCCCCCCCCCCCCCCCCC(=O)N[C@@H](COP(=O)(O)O)[C@H](O)CCCCCCCCCCCCC. The van der Waals surface area contributed by atoms with Gasteiger partial charge in [-0.05, 0) is 12.8 Å². The summed E-state index contributed by atoms with van der Waals surface area (Å²) in [4.78, 5) is 31.0. The Bertz CT molecular complexity index is 946. The number of hydrogen-bond donors (Lipinski definition) is 4. The lowest BCUT2D eigenvalue weighted by Crippen LogP contribution is -2.46. The molecule has 0 bridgehead atoms. The summed E-state index contributed by atoms with van der Waals surface area (Å²) in [5.41, 5.74) is 0. The molecule has 0 unspecified atom stereocenters. The molecule has 0 fully saturated rings. The van der Waals surface area contributed by atoms with Gasteiger partial charge in [0.1, 0.15) is 0 Å². The van der Waals surface area contributed by atoms with Crippen LogP contribution < -0.4 is 5.32 Å². The van der Waals surface area contributed by atoms with Crippen molar-refractivity contribution in [1.82, 2.24) is 5.32 Å². The van der Waals surface area contributed by atoms with Crippen LogP contribution in [-0.2, 0) is 13.9 Å². The van der Waals surface area contributed by atoms with E-state index in [9.17, 15) is 24.3 Å². The summed E-state index contributed by atoms with van der Waals surface area (Å²) in [6.07, 6.45) is 63.1. The quantitative estimate of drug-likeness (QED) is 0.0357. The number of aliphatic hydroxyl groups is 1. The van der Waals surface area contributed by atoms with Crippen LogP contribution in [0.4, 0.5) is 0 Å². The molecule has 0 rings (SSSR count). The summed E-state index contributed by atoms with van der Waals surface area (Å²) in [5, 5.41) is 13.6. The molecular formula is C55H112NO6P. The minimum absolute atomic E-state index is 0.187. The Balaban J connectivity index is 3.53. The molecule has 1 amide bonds. The summed E-state index contributed by atoms with van der Waals surface area (Å²) in [6, 6.07) is -0.818. The molecule has 378 valence electrons. The second-order valence-corrected chi connectivity index (χ2v) is 21.2. The molecule has 0 aliphatic heterocycles. The average molecular weight is 914 g/mol. The monoisotopic (exact) mass is 914 g/mol. The molecule has 0 radical (unpaired) electrons. The van der Waals surface area contributed by atoms with Crippen LogP contribution >= 0.6 is 7.82 Å². The van der Waals surface area contributed by atoms with E-state index in [-0.39, 0.29) is 5.91 Å². The maximum Gasteiger partial charge on any atom is 0.469 e. The van der Waals surface area contributed by atoms with Gasteiger partial charge in [-0.2, -0.15) is 0 Å². The van der Waals surface area contributed by atoms with Crippen LogP contribution in [0.5, 0.6) is 0 Å². The van der Waals surface area contributed by atoms with Gasteiger partial charge in [0.2, 0.25) is 5.91 Å². The zero-order chi connectivity index (χ0) is 46.0. The van der Waals surface area contributed by atoms with Crippen molar-refractivity contribution < 1.29 is 28.8 Å². The third-order valence-corrected chi connectivity index (χ3v) is 14.1. The van der Waals surface area contributed by atoms with Gasteiger partial charge >= 0.3 is 7.82 Å². The summed E-state index contributed by atoms with van der Waals surface area (Å²) in [5.74, 6) is -0.187. The van der Waals surface area contributed by atoms with Crippen LogP contribution in [0.1, 0.15) is 328 Å². The van der Waals surface area contributed by atoms with Crippen molar-refractivity contribution in [1.29, 1.82) is 0 Å². The Morgan fingerprint density at radius 3 is 0.857 bits per heavy atom. The number of rotatable bonds is 54. The third kappa shape index (κ3) is 52.4. The first kappa shape index (κ1) is 62.5. The van der Waals surface area contributed by atoms with Crippen molar-refractivity contribution in [3.8, 4) is 0 Å². The molecule has 0 aliphatic rings. The van der Waals surface area contributed by atoms with Crippen LogP contribution in [0, 0.1) is 0 Å². The molecule has 0 saturated carbocycles. The van der Waals surface area contributed by atoms with Crippen LogP contribution in [-0.4, -0.2) is 39.6 Å². The lowest BCUT2D eigenvalue weighted by molar-refractivity contribution is -0.123. The van der Waals surface area contributed by atoms with Gasteiger partial charge in [0.05, 0.1) is 18.8 Å². The van der Waals surface area contributed by atoms with E-state index in [4.69, 9.17) is 0 Å². The van der Waals surface area contributed by atoms with Gasteiger partial charge in [-0.3, -0.25) is 9.32 Å². The van der Waals surface area contributed by atoms with Crippen molar-refractivity contribution >= 4 is 13.7 Å². The summed E-state index contributed by atoms with van der Waals surface area (Å²) in [6.45, 7) is 4.15. The normalized spacial score (nSPS) is 12.9. The van der Waals surface area contributed by atoms with Crippen LogP contribution in [0.2, 0.25) is 0 Å². The van der Waals surface area contributed by atoms with Gasteiger partial charge in [-0.1, -0.05) is 309 Å². The molecule has 0 aromatic carbocycles. The highest BCUT2D eigenvalue weighted by molar-refractivity contribution is 7.46. The van der Waals surface area contributed by atoms with E-state index in [1.54, 1.807) is 0 Å². The average Bonchev–Trinajstić information content (AvgIpc) is 3.26. The standard InChI is InChI=1S/C55H112NO6P/c1-3-5-7-9-11-13-15-16-17-18-19-20-21-22-23-24-25-26-27-28-29-30-31-32-33-34-35-36-37-38-39-41-43-45-47-49-51-55(58)56-53(52-62-63(59,60)61)54(57)50-48-46-44-42-40-14-12-10-8-6-4-2/h53-54,57H,3-52H2,1-2H3,(H,56,58)(H2,59,60,61)/t53-,54+/m0/s1. The van der Waals surface area contributed by atoms with Crippen LogP contribution in [0.25, 0.3) is 0 Å². The lowest BCUT2D eigenvalue weighted by Gasteiger charge is -2.24. The fourth-order valence-corrected chi connectivity index (χ4v) is 9.65. The Hall–Kier alpha value is -0.460. The van der Waals surface area contributed by atoms with Gasteiger partial charge in [0, 0.05) is 6.42 Å². The molecule has 2 atom stereocenters. The zero-order valence-corrected chi connectivity index (χ0v) is 43.4. The molecular weight excluding hydrogens is 802 g/mol. The highest BCUT2D eigenvalue weighted by atomic mass is 31.2. The van der Waals surface area contributed by atoms with E-state index in [1.807, 2.05) is 0 Å². The van der Waals surface area contributed by atoms with Crippen molar-refractivity contribution in [2.45, 2.75) is 341 Å². The first-order valence-electron chi connectivity index (χ1n) is 28.5. The van der Waals surface area contributed by atoms with Gasteiger partial charge in [-0.15, -0.1) is 0 Å². The largest absolute Gasteiger partial charge is 0.469 e. The van der Waals surface area contributed by atoms with Gasteiger partial charge in [0.15, 0.2) is 0 Å². The van der Waals surface area contributed by atoms with Crippen molar-refractivity contribution in [3.05, 3.63) is 0 Å². The first-order chi connectivity index (χ1) is 30.8. The second-order valence-electron chi connectivity index (χ2n) is 20.0. The molecule has 4 N–H and O–H groups in total. The smallest absolute Gasteiger partial charge is 0.391 e. The maximum atomic E-state index is 12.7. The third-order valence-electron chi connectivity index (χ3n) is 13.6. The van der Waals surface area contributed by atoms with E-state index in [0.29, 0.717) is 12.8 Å². The molecule has 0 aliphatic carbocycles. The number of carbonyl (C=O) groups excluding carboxylic acids is 1. The molecule has 63 heavy (non-hydrogen) atoms. The second kappa shape index (κ2) is 50.9. The molecule has 8 heteroatoms. The van der Waals surface area contributed by atoms with Crippen molar-refractivity contribution in [3.63, 3.8) is 0 Å². The van der Waals surface area contributed by atoms with Gasteiger partial charge in [0.25, 0.3) is 0 Å². The Kier molecular flexibility index (Phi) is 50.6. The van der Waals surface area contributed by atoms with E-state index in [1.165, 1.54) is 263 Å². The number of unbranched alkanes of at least 4 members (excludes halogenated alkanes) is 45. The fourth-order valence-electron chi connectivity index (χ4n) is 9.29. The highest BCUT2D eigenvalue weighted by Crippen LogP contribution is 2.36. The van der Waals surface area contributed by atoms with Crippen LogP contribution in [0.15, 0.2) is 0 Å². The van der Waals surface area contributed by atoms with Crippen molar-refractivity contribution in [2.24, 2.45) is 0 Å². The summed E-state index contributed by atoms with van der Waals surface area (Å²) < 4.78 is 16.0. The molecule has 0 spiro atoms. The Morgan fingerprint density at radius 2 is 0.619 bits per heavy atom. The van der Waals surface area contributed by atoms with E-state index >= 15 is 0 Å². The predicted molar refractivity (Wildman–Crippen MR) is 274 cm³/mol. The van der Waals surface area contributed by atoms with E-state index in [0.717, 1.165) is 38.5 Å². The number of hydrogen-bond acceptors (Lipinski definition) is 4. The topological polar surface area (TPSA) is 116 Å². The number of phosphoric acid groups is 1. The minimum Gasteiger partial charge on any atom is -0.391 e. The van der Waals surface area contributed by atoms with Gasteiger partial charge in [-0.25, -0.2) is 4.57 Å². The lowest BCUT2D eigenvalue weighted by atomic mass is 10.0. The van der Waals surface area contributed by atoms with Crippen LogP contribution in [0.3, 0.4) is 0 Å². The molecule has 0 heterocycles. The minimum atomic E-state index is -4.69. The number of amides is 1. The number of carbonyl (C=O) groups is 1. The number of nitrogens with one attached hydrogen (secondary N) is 1. The Morgan fingerprint density at radius 1 is 0.397 bits per heavy atom. The molecule has 7 nitrogen and oxygen atoms in total. The molecule has 0 aromatic rings. The number of phosphoric ester groups is 1. The molecule has 0 aromatic heterocycles.